The maximum atomic E-state index is 13.5. The lowest BCUT2D eigenvalue weighted by atomic mass is 10.1. The van der Waals surface area contributed by atoms with Crippen molar-refractivity contribution in [3.8, 4) is 34.5 Å². The first-order valence-electron chi connectivity index (χ1n) is 9.79. The number of ether oxygens (including phenoxy) is 2. The Morgan fingerprint density at radius 3 is 2.75 bits per heavy atom. The van der Waals surface area contributed by atoms with E-state index in [1.54, 1.807) is 18.3 Å². The molecule has 1 aliphatic rings. The lowest BCUT2D eigenvalue weighted by molar-refractivity contribution is -0.274. The Labute approximate surface area is 181 Å². The molecule has 2 aromatic heterocycles. The van der Waals surface area contributed by atoms with Crippen molar-refractivity contribution in [3.05, 3.63) is 53.5 Å². The van der Waals surface area contributed by atoms with Crippen molar-refractivity contribution in [1.82, 2.24) is 14.5 Å². The number of rotatable bonds is 4. The zero-order valence-electron chi connectivity index (χ0n) is 17.0. The van der Waals surface area contributed by atoms with E-state index in [2.05, 4.69) is 9.72 Å². The fourth-order valence-electron chi connectivity index (χ4n) is 3.72. The number of hydrogen-bond donors (Lipinski definition) is 0. The molecule has 0 fully saturated rings. The van der Waals surface area contributed by atoms with Gasteiger partial charge in [-0.05, 0) is 37.3 Å². The van der Waals surface area contributed by atoms with Gasteiger partial charge in [0.15, 0.2) is 0 Å². The summed E-state index contributed by atoms with van der Waals surface area (Å²) in [7, 11) is 0. The lowest BCUT2D eigenvalue weighted by Gasteiger charge is -2.15. The SMILES string of the molecule is Cc1cc(-c2nc(-c3ccc(OC(F)(F)F)c(C#N)c3)n3c2CCO[C@H](CF)C3)ccn1. The first-order chi connectivity index (χ1) is 15.3. The number of fused-ring (bicyclic) bond motifs is 1. The summed E-state index contributed by atoms with van der Waals surface area (Å²) in [5.74, 6) is -0.190. The van der Waals surface area contributed by atoms with E-state index in [0.717, 1.165) is 23.0 Å². The number of alkyl halides is 4. The summed E-state index contributed by atoms with van der Waals surface area (Å²) < 4.78 is 62.8. The van der Waals surface area contributed by atoms with Crippen LogP contribution in [0.4, 0.5) is 17.6 Å². The molecular formula is C22H18F4N4O2. The van der Waals surface area contributed by atoms with Crippen LogP contribution in [0.5, 0.6) is 5.75 Å². The topological polar surface area (TPSA) is 73.0 Å². The fraction of sp³-hybridized carbons (Fsp3) is 0.318. The van der Waals surface area contributed by atoms with E-state index in [9.17, 15) is 22.8 Å². The highest BCUT2D eigenvalue weighted by Gasteiger charge is 2.32. The van der Waals surface area contributed by atoms with Crippen molar-refractivity contribution in [2.75, 3.05) is 13.3 Å². The Morgan fingerprint density at radius 1 is 1.25 bits per heavy atom. The van der Waals surface area contributed by atoms with Crippen LogP contribution >= 0.6 is 0 Å². The standard InChI is InChI=1S/C22H18F4N4O2/c1-13-8-14(4-6-28-13)20-18-5-7-31-17(10-23)12-30(18)21(29-20)15-2-3-19(16(9-15)11-27)32-22(24,25)26/h2-4,6,8-9,17H,5,7,10,12H2,1H3/t17-/m1/s1. The number of benzene rings is 1. The molecule has 32 heavy (non-hydrogen) atoms. The second-order valence-electron chi connectivity index (χ2n) is 7.29. The zero-order valence-corrected chi connectivity index (χ0v) is 17.0. The lowest BCUT2D eigenvalue weighted by Crippen LogP contribution is -2.21. The normalized spacial score (nSPS) is 16.2. The van der Waals surface area contributed by atoms with Gasteiger partial charge in [-0.25, -0.2) is 9.37 Å². The first-order valence-corrected chi connectivity index (χ1v) is 9.79. The Hall–Kier alpha value is -3.45. The summed E-state index contributed by atoms with van der Waals surface area (Å²) >= 11 is 0. The molecule has 1 aliphatic heterocycles. The molecule has 6 nitrogen and oxygen atoms in total. The molecule has 1 aromatic carbocycles. The third-order valence-electron chi connectivity index (χ3n) is 5.08. The molecule has 1 atom stereocenters. The van der Waals surface area contributed by atoms with Crippen molar-refractivity contribution in [2.45, 2.75) is 32.4 Å². The van der Waals surface area contributed by atoms with Gasteiger partial charge in [0.1, 0.15) is 30.4 Å². The number of nitriles is 1. The quantitative estimate of drug-likeness (QED) is 0.548. The number of aromatic nitrogens is 3. The second-order valence-corrected chi connectivity index (χ2v) is 7.29. The number of aryl methyl sites for hydroxylation is 1. The molecule has 3 aromatic rings. The number of hydrogen-bond acceptors (Lipinski definition) is 5. The van der Waals surface area contributed by atoms with Gasteiger partial charge in [0.2, 0.25) is 0 Å². The molecule has 4 rings (SSSR count). The Kier molecular flexibility index (Phi) is 5.84. The largest absolute Gasteiger partial charge is 0.573 e. The molecule has 0 saturated carbocycles. The Morgan fingerprint density at radius 2 is 2.06 bits per heavy atom. The minimum Gasteiger partial charge on any atom is -0.404 e. The molecular weight excluding hydrogens is 428 g/mol. The van der Waals surface area contributed by atoms with Crippen molar-refractivity contribution in [3.63, 3.8) is 0 Å². The maximum absolute atomic E-state index is 13.5. The summed E-state index contributed by atoms with van der Waals surface area (Å²) in [6.45, 7) is 1.64. The van der Waals surface area contributed by atoms with Crippen molar-refractivity contribution < 1.29 is 27.0 Å². The van der Waals surface area contributed by atoms with Crippen LogP contribution in [0.15, 0.2) is 36.5 Å². The highest BCUT2D eigenvalue weighted by molar-refractivity contribution is 5.70. The molecule has 0 N–H and O–H groups in total. The Balaban J connectivity index is 1.86. The number of halogens is 4. The molecule has 166 valence electrons. The molecule has 0 saturated heterocycles. The van der Waals surface area contributed by atoms with Gasteiger partial charge in [0, 0.05) is 35.1 Å². The maximum Gasteiger partial charge on any atom is 0.573 e. The average molecular weight is 446 g/mol. The number of nitrogens with zero attached hydrogens (tertiary/aromatic N) is 4. The van der Waals surface area contributed by atoms with Crippen LogP contribution in [0.3, 0.4) is 0 Å². The summed E-state index contributed by atoms with van der Waals surface area (Å²) in [6.07, 6.45) is -3.47. The van der Waals surface area contributed by atoms with Crippen LogP contribution in [0.1, 0.15) is 17.0 Å². The van der Waals surface area contributed by atoms with Crippen LogP contribution < -0.4 is 4.74 Å². The zero-order chi connectivity index (χ0) is 22.9. The van der Waals surface area contributed by atoms with E-state index in [1.807, 2.05) is 17.6 Å². The predicted octanol–water partition coefficient (Wildman–Crippen LogP) is 4.60. The van der Waals surface area contributed by atoms with Crippen LogP contribution in [0.2, 0.25) is 0 Å². The number of pyridine rings is 1. The highest BCUT2D eigenvalue weighted by Crippen LogP contribution is 2.34. The minimum absolute atomic E-state index is 0.181. The molecule has 3 heterocycles. The van der Waals surface area contributed by atoms with Gasteiger partial charge in [0.25, 0.3) is 0 Å². The molecule has 0 unspecified atom stereocenters. The van der Waals surface area contributed by atoms with E-state index in [4.69, 9.17) is 9.72 Å². The van der Waals surface area contributed by atoms with Crippen LogP contribution in [-0.2, 0) is 17.7 Å². The fourth-order valence-corrected chi connectivity index (χ4v) is 3.72. The third-order valence-corrected chi connectivity index (χ3v) is 5.08. The summed E-state index contributed by atoms with van der Waals surface area (Å²) in [4.78, 5) is 8.95. The van der Waals surface area contributed by atoms with Gasteiger partial charge in [0.05, 0.1) is 24.4 Å². The Bertz CT molecular complexity index is 1180. The van der Waals surface area contributed by atoms with E-state index in [0.29, 0.717) is 30.1 Å². The minimum atomic E-state index is -4.92. The van der Waals surface area contributed by atoms with E-state index in [1.165, 1.54) is 12.1 Å². The van der Waals surface area contributed by atoms with Gasteiger partial charge < -0.3 is 14.0 Å². The van der Waals surface area contributed by atoms with Crippen molar-refractivity contribution in [1.29, 1.82) is 5.26 Å². The summed E-state index contributed by atoms with van der Waals surface area (Å²) in [6, 6.07) is 9.17. The van der Waals surface area contributed by atoms with Crippen LogP contribution in [-0.4, -0.2) is 40.3 Å². The van der Waals surface area contributed by atoms with E-state index < -0.39 is 24.9 Å². The number of imidazole rings is 1. The van der Waals surface area contributed by atoms with Crippen LogP contribution in [0.25, 0.3) is 22.6 Å². The van der Waals surface area contributed by atoms with Crippen LogP contribution in [0, 0.1) is 18.3 Å². The predicted molar refractivity (Wildman–Crippen MR) is 106 cm³/mol. The molecule has 10 heteroatoms. The van der Waals surface area contributed by atoms with Gasteiger partial charge in [-0.15, -0.1) is 13.2 Å². The second kappa shape index (κ2) is 8.59. The third kappa shape index (κ3) is 4.43. The van der Waals surface area contributed by atoms with Gasteiger partial charge in [-0.1, -0.05) is 0 Å². The van der Waals surface area contributed by atoms with Gasteiger partial charge in [-0.3, -0.25) is 4.98 Å². The summed E-state index contributed by atoms with van der Waals surface area (Å²) in [5, 5.41) is 9.36. The highest BCUT2D eigenvalue weighted by atomic mass is 19.4. The smallest absolute Gasteiger partial charge is 0.404 e. The molecule has 0 radical (unpaired) electrons. The molecule has 0 amide bonds. The summed E-state index contributed by atoms with van der Waals surface area (Å²) in [5.41, 5.74) is 3.19. The molecule has 0 spiro atoms. The molecule has 0 aliphatic carbocycles. The first kappa shape index (κ1) is 21.8. The van der Waals surface area contributed by atoms with Gasteiger partial charge in [-0.2, -0.15) is 5.26 Å². The molecule has 0 bridgehead atoms. The van der Waals surface area contributed by atoms with Crippen molar-refractivity contribution in [2.24, 2.45) is 0 Å². The average Bonchev–Trinajstić information content (AvgIpc) is 2.96. The van der Waals surface area contributed by atoms with Gasteiger partial charge >= 0.3 is 6.36 Å². The monoisotopic (exact) mass is 446 g/mol. The van der Waals surface area contributed by atoms with E-state index >= 15 is 0 Å². The van der Waals surface area contributed by atoms with Crippen molar-refractivity contribution >= 4 is 0 Å². The van der Waals surface area contributed by atoms with E-state index in [-0.39, 0.29) is 12.1 Å².